The van der Waals surface area contributed by atoms with Gasteiger partial charge in [0.05, 0.1) is 0 Å². The summed E-state index contributed by atoms with van der Waals surface area (Å²) in [5.74, 6) is 0.236. The lowest BCUT2D eigenvalue weighted by atomic mass is 9.88. The van der Waals surface area contributed by atoms with E-state index in [9.17, 15) is 0 Å². The molecule has 1 unspecified atom stereocenters. The van der Waals surface area contributed by atoms with Gasteiger partial charge in [0.1, 0.15) is 0 Å². The topological polar surface area (TPSA) is 3.24 Å². The van der Waals surface area contributed by atoms with E-state index >= 15 is 0 Å². The number of fused-ring (bicyclic) bond motifs is 7. The van der Waals surface area contributed by atoms with Crippen LogP contribution >= 0.6 is 11.3 Å². The van der Waals surface area contributed by atoms with Crippen LogP contribution in [0.2, 0.25) is 0 Å². The average molecular weight is 544 g/mol. The summed E-state index contributed by atoms with van der Waals surface area (Å²) in [4.78, 5) is 2.42. The summed E-state index contributed by atoms with van der Waals surface area (Å²) < 4.78 is 2.73. The molecule has 0 saturated carbocycles. The molecule has 1 aliphatic rings. The number of nitrogens with zero attached hydrogens (tertiary/aromatic N) is 1. The van der Waals surface area contributed by atoms with E-state index in [1.807, 2.05) is 11.3 Å². The Bertz CT molecular complexity index is 2030. The van der Waals surface area contributed by atoms with Gasteiger partial charge in [-0.15, -0.1) is 11.3 Å². The Kier molecular flexibility index (Phi) is 5.75. The van der Waals surface area contributed by atoms with Crippen molar-refractivity contribution in [3.63, 3.8) is 0 Å². The second-order valence-electron chi connectivity index (χ2n) is 11.0. The van der Waals surface area contributed by atoms with Crippen LogP contribution in [0.3, 0.4) is 0 Å². The molecule has 0 aliphatic heterocycles. The maximum atomic E-state index is 2.42. The molecular weight excluding hydrogens is 515 g/mol. The number of rotatable bonds is 5. The Labute approximate surface area is 245 Å². The van der Waals surface area contributed by atoms with E-state index in [1.165, 1.54) is 70.5 Å². The van der Waals surface area contributed by atoms with Crippen molar-refractivity contribution in [2.45, 2.75) is 19.4 Å². The Hall–Kier alpha value is -4.66. The lowest BCUT2D eigenvalue weighted by Crippen LogP contribution is -2.17. The second kappa shape index (κ2) is 9.76. The minimum absolute atomic E-state index is 0.236. The first-order valence-corrected chi connectivity index (χ1v) is 15.1. The predicted molar refractivity (Wildman–Crippen MR) is 176 cm³/mol. The molecule has 0 amide bonds. The zero-order valence-electron chi connectivity index (χ0n) is 22.9. The largest absolute Gasteiger partial charge is 0.337 e. The van der Waals surface area contributed by atoms with E-state index in [0.29, 0.717) is 0 Å². The molecule has 1 aromatic heterocycles. The molecule has 196 valence electrons. The van der Waals surface area contributed by atoms with Gasteiger partial charge in [0.15, 0.2) is 0 Å². The number of para-hydroxylation sites is 2. The molecule has 7 aromatic rings. The summed E-state index contributed by atoms with van der Waals surface area (Å²) in [5.41, 5.74) is 12.0. The van der Waals surface area contributed by atoms with Gasteiger partial charge in [-0.25, -0.2) is 0 Å². The minimum atomic E-state index is 0.236. The molecule has 41 heavy (non-hydrogen) atoms. The van der Waals surface area contributed by atoms with Crippen LogP contribution in [0.1, 0.15) is 33.7 Å². The third kappa shape index (κ3) is 3.98. The summed E-state index contributed by atoms with van der Waals surface area (Å²) in [5, 5.41) is 2.78. The van der Waals surface area contributed by atoms with Gasteiger partial charge in [-0.2, -0.15) is 0 Å². The fourth-order valence-electron chi connectivity index (χ4n) is 6.65. The van der Waals surface area contributed by atoms with Crippen LogP contribution in [0.5, 0.6) is 0 Å². The van der Waals surface area contributed by atoms with E-state index in [2.05, 4.69) is 151 Å². The molecular formula is C39H29NS. The van der Waals surface area contributed by atoms with Crippen molar-refractivity contribution in [3.8, 4) is 11.1 Å². The Balaban J connectivity index is 1.21. The molecule has 0 radical (unpaired) electrons. The van der Waals surface area contributed by atoms with Crippen LogP contribution in [-0.2, 0) is 6.54 Å². The van der Waals surface area contributed by atoms with E-state index in [0.717, 1.165) is 6.54 Å². The number of aryl methyl sites for hydroxylation is 1. The maximum Gasteiger partial charge on any atom is 0.0481 e. The normalized spacial score (nSPS) is 13.8. The first-order chi connectivity index (χ1) is 20.3. The molecule has 1 heterocycles. The summed E-state index contributed by atoms with van der Waals surface area (Å²) in [6.45, 7) is 3.01. The second-order valence-corrected chi connectivity index (χ2v) is 12.1. The van der Waals surface area contributed by atoms with E-state index < -0.39 is 0 Å². The maximum absolute atomic E-state index is 2.42. The smallest absolute Gasteiger partial charge is 0.0481 e. The summed E-state index contributed by atoms with van der Waals surface area (Å²) in [6.07, 6.45) is 0. The fourth-order valence-corrected chi connectivity index (χ4v) is 7.77. The van der Waals surface area contributed by atoms with Gasteiger partial charge in [0.2, 0.25) is 0 Å². The van der Waals surface area contributed by atoms with Crippen molar-refractivity contribution in [3.05, 3.63) is 167 Å². The number of anilines is 2. The zero-order chi connectivity index (χ0) is 27.3. The zero-order valence-corrected chi connectivity index (χ0v) is 23.7. The van der Waals surface area contributed by atoms with Crippen molar-refractivity contribution >= 4 is 42.9 Å². The summed E-state index contributed by atoms with van der Waals surface area (Å²) in [6, 6.07) is 51.3. The van der Waals surface area contributed by atoms with Gasteiger partial charge < -0.3 is 4.90 Å². The molecule has 0 bridgehead atoms. The third-order valence-electron chi connectivity index (χ3n) is 8.56. The molecule has 6 aromatic carbocycles. The highest BCUT2D eigenvalue weighted by atomic mass is 32.1. The van der Waals surface area contributed by atoms with Gasteiger partial charge in [0.25, 0.3) is 0 Å². The van der Waals surface area contributed by atoms with Crippen molar-refractivity contribution in [2.24, 2.45) is 0 Å². The monoisotopic (exact) mass is 543 g/mol. The first kappa shape index (κ1) is 24.2. The van der Waals surface area contributed by atoms with Crippen LogP contribution in [0.25, 0.3) is 31.3 Å². The van der Waals surface area contributed by atoms with Gasteiger partial charge in [-0.05, 0) is 76.2 Å². The lowest BCUT2D eigenvalue weighted by Gasteiger charge is -2.27. The first-order valence-electron chi connectivity index (χ1n) is 14.3. The number of hydrogen-bond donors (Lipinski definition) is 0. The molecule has 0 fully saturated rings. The number of benzene rings is 6. The highest BCUT2D eigenvalue weighted by Gasteiger charge is 2.32. The van der Waals surface area contributed by atoms with Crippen molar-refractivity contribution in [2.75, 3.05) is 4.90 Å². The lowest BCUT2D eigenvalue weighted by molar-refractivity contribution is 0.959. The molecule has 1 atom stereocenters. The van der Waals surface area contributed by atoms with Gasteiger partial charge in [0, 0.05) is 44.0 Å². The van der Waals surface area contributed by atoms with Crippen molar-refractivity contribution in [1.82, 2.24) is 0 Å². The van der Waals surface area contributed by atoms with Crippen LogP contribution < -0.4 is 4.90 Å². The highest BCUT2D eigenvalue weighted by molar-refractivity contribution is 7.25. The SMILES string of the molecule is Cc1ccccc1N(Cc1ccc(C2c3ccccc3-c3c2ccc2sc4ccccc4c32)cc1)c1ccccc1. The minimum Gasteiger partial charge on any atom is -0.337 e. The number of hydrogen-bond acceptors (Lipinski definition) is 2. The van der Waals surface area contributed by atoms with Crippen LogP contribution in [-0.4, -0.2) is 0 Å². The molecule has 0 N–H and O–H groups in total. The van der Waals surface area contributed by atoms with E-state index in [1.54, 1.807) is 0 Å². The molecule has 1 aliphatic carbocycles. The third-order valence-corrected chi connectivity index (χ3v) is 9.69. The summed E-state index contributed by atoms with van der Waals surface area (Å²) in [7, 11) is 0. The van der Waals surface area contributed by atoms with Gasteiger partial charge >= 0.3 is 0 Å². The van der Waals surface area contributed by atoms with Gasteiger partial charge in [-0.3, -0.25) is 0 Å². The molecule has 2 heteroatoms. The Morgan fingerprint density at radius 2 is 1.34 bits per heavy atom. The molecule has 1 nitrogen and oxygen atoms in total. The van der Waals surface area contributed by atoms with Gasteiger partial charge in [-0.1, -0.05) is 109 Å². The summed E-state index contributed by atoms with van der Waals surface area (Å²) >= 11 is 1.90. The fraction of sp³-hybridized carbons (Fsp3) is 0.0769. The molecule has 0 spiro atoms. The highest BCUT2D eigenvalue weighted by Crippen LogP contribution is 2.53. The van der Waals surface area contributed by atoms with Crippen LogP contribution in [0.15, 0.2) is 140 Å². The van der Waals surface area contributed by atoms with Crippen LogP contribution in [0.4, 0.5) is 11.4 Å². The Morgan fingerprint density at radius 3 is 2.20 bits per heavy atom. The van der Waals surface area contributed by atoms with Crippen LogP contribution in [0, 0.1) is 6.92 Å². The quantitative estimate of drug-likeness (QED) is 0.209. The van der Waals surface area contributed by atoms with Crippen molar-refractivity contribution in [1.29, 1.82) is 0 Å². The van der Waals surface area contributed by atoms with E-state index in [-0.39, 0.29) is 5.92 Å². The van der Waals surface area contributed by atoms with E-state index in [4.69, 9.17) is 0 Å². The Morgan fingerprint density at radius 1 is 0.610 bits per heavy atom. The molecule has 8 rings (SSSR count). The average Bonchev–Trinajstić information content (AvgIpc) is 3.57. The molecule has 0 saturated heterocycles. The standard InChI is InChI=1S/C39H29NS/c1-26-11-5-9-17-34(26)40(29-12-3-2-4-13-29)25-27-19-21-28(22-20-27)37-30-14-6-7-15-31(30)38-33(37)23-24-36-39(38)32-16-8-10-18-35(32)41-36/h2-24,37H,25H2,1H3. The van der Waals surface area contributed by atoms with Crippen molar-refractivity contribution < 1.29 is 0 Å². The predicted octanol–water partition coefficient (Wildman–Crippen LogP) is 10.9. The number of thiophene rings is 1.